The maximum Gasteiger partial charge on any atom is 0.262 e. The summed E-state index contributed by atoms with van der Waals surface area (Å²) in [5.41, 5.74) is 1.40. The number of hydrogen-bond donors (Lipinski definition) is 2. The van der Waals surface area contributed by atoms with E-state index in [4.69, 9.17) is 25.8 Å². The molecule has 0 saturated carbocycles. The van der Waals surface area contributed by atoms with Gasteiger partial charge in [0.1, 0.15) is 5.82 Å². The van der Waals surface area contributed by atoms with Gasteiger partial charge in [0.15, 0.2) is 18.1 Å². The van der Waals surface area contributed by atoms with Crippen molar-refractivity contribution in [3.63, 3.8) is 0 Å². The van der Waals surface area contributed by atoms with Gasteiger partial charge < -0.3 is 24.8 Å². The average Bonchev–Trinajstić information content (AvgIpc) is 2.67. The van der Waals surface area contributed by atoms with Crippen LogP contribution in [0.5, 0.6) is 11.5 Å². The van der Waals surface area contributed by atoms with Crippen molar-refractivity contribution < 1.29 is 23.4 Å². The quantitative estimate of drug-likeness (QED) is 0.603. The number of ether oxygens (including phenoxy) is 3. The molecule has 0 fully saturated rings. The maximum absolute atomic E-state index is 13.1. The van der Waals surface area contributed by atoms with E-state index in [1.165, 1.54) is 25.3 Å². The van der Waals surface area contributed by atoms with Crippen LogP contribution in [0.2, 0.25) is 5.02 Å². The lowest BCUT2D eigenvalue weighted by atomic mass is 10.2. The van der Waals surface area contributed by atoms with Crippen LogP contribution in [0.1, 0.15) is 5.56 Å². The number of rotatable bonds is 10. The minimum Gasteiger partial charge on any atom is -0.493 e. The standard InChI is InChI=1S/C19H22ClFN2O4/c1-25-8-7-22-11-13-3-6-17(18(9-13)26-2)27-12-19(24)23-14-4-5-16(21)15(20)10-14/h3-6,9-10,22H,7-8,11-12H2,1-2H3,(H,23,24). The van der Waals surface area contributed by atoms with Crippen molar-refractivity contribution in [1.29, 1.82) is 0 Å². The van der Waals surface area contributed by atoms with Gasteiger partial charge in [-0.2, -0.15) is 0 Å². The van der Waals surface area contributed by atoms with E-state index in [0.717, 1.165) is 12.1 Å². The van der Waals surface area contributed by atoms with Crippen LogP contribution in [0.3, 0.4) is 0 Å². The van der Waals surface area contributed by atoms with Crippen LogP contribution in [0.15, 0.2) is 36.4 Å². The number of carbonyl (C=O) groups excluding carboxylic acids is 1. The molecule has 27 heavy (non-hydrogen) atoms. The average molecular weight is 397 g/mol. The molecule has 0 aliphatic carbocycles. The Morgan fingerprint density at radius 1 is 1.15 bits per heavy atom. The SMILES string of the molecule is COCCNCc1ccc(OCC(=O)Nc2ccc(F)c(Cl)c2)c(OC)c1. The summed E-state index contributed by atoms with van der Waals surface area (Å²) < 4.78 is 29.0. The summed E-state index contributed by atoms with van der Waals surface area (Å²) in [5, 5.41) is 5.76. The van der Waals surface area contributed by atoms with E-state index in [1.54, 1.807) is 13.2 Å². The second kappa shape index (κ2) is 10.7. The molecular weight excluding hydrogens is 375 g/mol. The monoisotopic (exact) mass is 396 g/mol. The third-order valence-corrected chi connectivity index (χ3v) is 3.89. The summed E-state index contributed by atoms with van der Waals surface area (Å²) >= 11 is 5.69. The van der Waals surface area contributed by atoms with Crippen molar-refractivity contribution in [2.75, 3.05) is 39.3 Å². The fourth-order valence-electron chi connectivity index (χ4n) is 2.26. The molecule has 0 heterocycles. The third kappa shape index (κ3) is 6.71. The summed E-state index contributed by atoms with van der Waals surface area (Å²) in [6, 6.07) is 9.41. The fourth-order valence-corrected chi connectivity index (χ4v) is 2.44. The number of benzene rings is 2. The Bertz CT molecular complexity index is 773. The number of nitrogens with one attached hydrogen (secondary N) is 2. The molecule has 2 rings (SSSR count). The topological polar surface area (TPSA) is 68.8 Å². The molecule has 0 spiro atoms. The minimum absolute atomic E-state index is 0.0647. The van der Waals surface area contributed by atoms with Crippen LogP contribution < -0.4 is 20.1 Å². The van der Waals surface area contributed by atoms with Gasteiger partial charge in [0, 0.05) is 25.9 Å². The number of carbonyl (C=O) groups is 1. The molecule has 8 heteroatoms. The molecule has 2 aromatic carbocycles. The van der Waals surface area contributed by atoms with Gasteiger partial charge >= 0.3 is 0 Å². The van der Waals surface area contributed by atoms with E-state index in [0.29, 0.717) is 30.3 Å². The first-order chi connectivity index (χ1) is 13.0. The Labute approximate surface area is 162 Å². The van der Waals surface area contributed by atoms with Crippen molar-refractivity contribution in [3.8, 4) is 11.5 Å². The maximum atomic E-state index is 13.1. The Morgan fingerprint density at radius 2 is 1.96 bits per heavy atom. The van der Waals surface area contributed by atoms with Gasteiger partial charge in [0.25, 0.3) is 5.91 Å². The lowest BCUT2D eigenvalue weighted by Crippen LogP contribution is -2.20. The first-order valence-corrected chi connectivity index (χ1v) is 8.65. The molecule has 6 nitrogen and oxygen atoms in total. The van der Waals surface area contributed by atoms with Crippen molar-refractivity contribution >= 4 is 23.2 Å². The van der Waals surface area contributed by atoms with E-state index in [-0.39, 0.29) is 11.6 Å². The molecule has 0 saturated heterocycles. The molecule has 1 amide bonds. The number of methoxy groups -OCH3 is 2. The van der Waals surface area contributed by atoms with Crippen molar-refractivity contribution in [1.82, 2.24) is 5.32 Å². The summed E-state index contributed by atoms with van der Waals surface area (Å²) in [5.74, 6) is 0.0292. The Morgan fingerprint density at radius 3 is 2.67 bits per heavy atom. The summed E-state index contributed by atoms with van der Waals surface area (Å²) in [6.07, 6.45) is 0. The molecule has 0 aromatic heterocycles. The highest BCUT2D eigenvalue weighted by molar-refractivity contribution is 6.31. The lowest BCUT2D eigenvalue weighted by molar-refractivity contribution is -0.118. The van der Waals surface area contributed by atoms with Gasteiger partial charge in [-0.05, 0) is 35.9 Å². The molecule has 0 aliphatic heterocycles. The molecule has 0 radical (unpaired) electrons. The molecule has 2 aromatic rings. The highest BCUT2D eigenvalue weighted by Gasteiger charge is 2.10. The van der Waals surface area contributed by atoms with Gasteiger partial charge in [-0.25, -0.2) is 4.39 Å². The molecule has 146 valence electrons. The highest BCUT2D eigenvalue weighted by atomic mass is 35.5. The third-order valence-electron chi connectivity index (χ3n) is 3.60. The zero-order chi connectivity index (χ0) is 19.6. The number of hydrogen-bond acceptors (Lipinski definition) is 5. The Hall–Kier alpha value is -2.35. The van der Waals surface area contributed by atoms with E-state index >= 15 is 0 Å². The van der Waals surface area contributed by atoms with E-state index in [1.807, 2.05) is 12.1 Å². The van der Waals surface area contributed by atoms with Crippen LogP contribution in [0.4, 0.5) is 10.1 Å². The van der Waals surface area contributed by atoms with Crippen molar-refractivity contribution in [2.45, 2.75) is 6.54 Å². The van der Waals surface area contributed by atoms with E-state index in [9.17, 15) is 9.18 Å². The Kier molecular flexibility index (Phi) is 8.32. The van der Waals surface area contributed by atoms with Gasteiger partial charge in [-0.15, -0.1) is 0 Å². The van der Waals surface area contributed by atoms with Gasteiger partial charge in [0.05, 0.1) is 18.7 Å². The summed E-state index contributed by atoms with van der Waals surface area (Å²) in [7, 11) is 3.18. The van der Waals surface area contributed by atoms with Crippen LogP contribution in [-0.2, 0) is 16.1 Å². The molecule has 0 aliphatic rings. The van der Waals surface area contributed by atoms with Crippen LogP contribution >= 0.6 is 11.6 Å². The zero-order valence-electron chi connectivity index (χ0n) is 15.2. The van der Waals surface area contributed by atoms with Crippen molar-refractivity contribution in [2.24, 2.45) is 0 Å². The number of halogens is 2. The van der Waals surface area contributed by atoms with Gasteiger partial charge in [-0.1, -0.05) is 17.7 Å². The molecular formula is C19H22ClFN2O4. The molecule has 0 atom stereocenters. The van der Waals surface area contributed by atoms with Crippen LogP contribution in [0, 0.1) is 5.82 Å². The number of anilines is 1. The largest absolute Gasteiger partial charge is 0.493 e. The summed E-state index contributed by atoms with van der Waals surface area (Å²) in [6.45, 7) is 1.81. The molecule has 0 bridgehead atoms. The predicted octanol–water partition coefficient (Wildman–Crippen LogP) is 3.24. The zero-order valence-corrected chi connectivity index (χ0v) is 15.9. The number of amides is 1. The van der Waals surface area contributed by atoms with Gasteiger partial charge in [0.2, 0.25) is 0 Å². The van der Waals surface area contributed by atoms with Crippen molar-refractivity contribution in [3.05, 3.63) is 52.8 Å². The second-order valence-corrected chi connectivity index (χ2v) is 6.03. The first-order valence-electron chi connectivity index (χ1n) is 8.27. The van der Waals surface area contributed by atoms with E-state index in [2.05, 4.69) is 10.6 Å². The molecule has 0 unspecified atom stereocenters. The summed E-state index contributed by atoms with van der Waals surface area (Å²) in [4.78, 5) is 12.0. The minimum atomic E-state index is -0.549. The smallest absolute Gasteiger partial charge is 0.262 e. The van der Waals surface area contributed by atoms with Crippen LogP contribution in [-0.4, -0.2) is 39.9 Å². The molecule has 2 N–H and O–H groups in total. The van der Waals surface area contributed by atoms with Gasteiger partial charge in [-0.3, -0.25) is 4.79 Å². The normalized spacial score (nSPS) is 10.5. The van der Waals surface area contributed by atoms with E-state index < -0.39 is 11.7 Å². The fraction of sp³-hybridized carbons (Fsp3) is 0.316. The highest BCUT2D eigenvalue weighted by Crippen LogP contribution is 2.28. The lowest BCUT2D eigenvalue weighted by Gasteiger charge is -2.13. The predicted molar refractivity (Wildman–Crippen MR) is 102 cm³/mol. The second-order valence-electron chi connectivity index (χ2n) is 5.62. The first kappa shape index (κ1) is 21.0. The Balaban J connectivity index is 1.90. The van der Waals surface area contributed by atoms with Crippen LogP contribution in [0.25, 0.3) is 0 Å².